The van der Waals surface area contributed by atoms with Crippen LogP contribution in [0.4, 0.5) is 0 Å². The minimum atomic E-state index is 0.00750. The summed E-state index contributed by atoms with van der Waals surface area (Å²) in [6.45, 7) is 6.31. The Morgan fingerprint density at radius 1 is 1.60 bits per heavy atom. The van der Waals surface area contributed by atoms with Gasteiger partial charge >= 0.3 is 0 Å². The van der Waals surface area contributed by atoms with Crippen molar-refractivity contribution in [2.24, 2.45) is 5.92 Å². The van der Waals surface area contributed by atoms with Gasteiger partial charge in [-0.1, -0.05) is 20.3 Å². The van der Waals surface area contributed by atoms with Gasteiger partial charge in [0.1, 0.15) is 0 Å². The molecule has 0 spiro atoms. The molecule has 1 rings (SSSR count). The first kappa shape index (κ1) is 12.6. The third-order valence-electron chi connectivity index (χ3n) is 2.67. The van der Waals surface area contributed by atoms with Crippen LogP contribution in [-0.2, 0) is 0 Å². The summed E-state index contributed by atoms with van der Waals surface area (Å²) >= 11 is 5.61. The van der Waals surface area contributed by atoms with Gasteiger partial charge in [0.25, 0.3) is 5.91 Å². The molecule has 1 N–H and O–H groups in total. The molecule has 1 aromatic heterocycles. The smallest absolute Gasteiger partial charge is 0.261 e. The second-order valence-corrected chi connectivity index (χ2v) is 5.24. The Kier molecular flexibility index (Phi) is 4.67. The first-order valence-electron chi connectivity index (χ1n) is 5.13. The zero-order chi connectivity index (χ0) is 11.4. The molecular formula is C11H17NOS2. The van der Waals surface area contributed by atoms with Crippen molar-refractivity contribution in [3.63, 3.8) is 0 Å². The molecule has 0 aliphatic rings. The lowest BCUT2D eigenvalue weighted by Gasteiger charge is -2.19. The molecule has 0 saturated carbocycles. The minimum absolute atomic E-state index is 0.00750. The van der Waals surface area contributed by atoms with Crippen LogP contribution in [0.2, 0.25) is 0 Å². The average Bonchev–Trinajstić information content (AvgIpc) is 2.63. The first-order valence-corrected chi connectivity index (χ1v) is 6.45. The number of thiophene rings is 1. The normalized spacial score (nSPS) is 14.7. The standard InChI is InChI=1S/C11H17NOS2/c1-4-7(2)8(3)12-11(13)10-5-9(14)6-15-10/h5-8,14H,4H2,1-3H3,(H,12,13). The van der Waals surface area contributed by atoms with Gasteiger partial charge in [-0.2, -0.15) is 0 Å². The Bertz CT molecular complexity index is 335. The molecule has 2 unspecified atom stereocenters. The summed E-state index contributed by atoms with van der Waals surface area (Å²) in [6.07, 6.45) is 1.07. The predicted molar refractivity (Wildman–Crippen MR) is 68.0 cm³/mol. The number of hydrogen-bond donors (Lipinski definition) is 2. The maximum absolute atomic E-state index is 11.8. The van der Waals surface area contributed by atoms with Gasteiger partial charge in [0.15, 0.2) is 0 Å². The Morgan fingerprint density at radius 3 is 2.73 bits per heavy atom. The van der Waals surface area contributed by atoms with Crippen molar-refractivity contribution in [3.05, 3.63) is 16.3 Å². The highest BCUT2D eigenvalue weighted by Gasteiger charge is 2.15. The summed E-state index contributed by atoms with van der Waals surface area (Å²) in [5.41, 5.74) is 0. The highest BCUT2D eigenvalue weighted by Crippen LogP contribution is 2.18. The first-order chi connectivity index (χ1) is 7.04. The van der Waals surface area contributed by atoms with Gasteiger partial charge in [-0.15, -0.1) is 24.0 Å². The number of carbonyl (C=O) groups excluding carboxylic acids is 1. The van der Waals surface area contributed by atoms with E-state index in [1.807, 2.05) is 12.3 Å². The van der Waals surface area contributed by atoms with Gasteiger partial charge in [-0.25, -0.2) is 0 Å². The van der Waals surface area contributed by atoms with Gasteiger partial charge in [0.05, 0.1) is 4.88 Å². The fourth-order valence-corrected chi connectivity index (χ4v) is 2.27. The maximum Gasteiger partial charge on any atom is 0.261 e. The van der Waals surface area contributed by atoms with Crippen molar-refractivity contribution < 1.29 is 4.79 Å². The van der Waals surface area contributed by atoms with E-state index in [-0.39, 0.29) is 11.9 Å². The van der Waals surface area contributed by atoms with Crippen LogP contribution in [0.1, 0.15) is 36.9 Å². The number of carbonyl (C=O) groups is 1. The average molecular weight is 243 g/mol. The Labute approximate surface area is 100 Å². The molecule has 0 radical (unpaired) electrons. The maximum atomic E-state index is 11.8. The summed E-state index contributed by atoms with van der Waals surface area (Å²) in [5, 5.41) is 4.86. The predicted octanol–water partition coefficient (Wildman–Crippen LogP) is 3.20. The number of amides is 1. The van der Waals surface area contributed by atoms with E-state index in [4.69, 9.17) is 0 Å². The van der Waals surface area contributed by atoms with E-state index in [0.717, 1.165) is 16.2 Å². The van der Waals surface area contributed by atoms with Crippen molar-refractivity contribution in [1.29, 1.82) is 0 Å². The number of nitrogens with one attached hydrogen (secondary N) is 1. The third-order valence-corrected chi connectivity index (χ3v) is 4.03. The van der Waals surface area contributed by atoms with E-state index in [2.05, 4.69) is 31.8 Å². The zero-order valence-corrected chi connectivity index (χ0v) is 11.0. The number of thiol groups is 1. The fraction of sp³-hybridized carbons (Fsp3) is 0.545. The molecule has 0 aliphatic carbocycles. The van der Waals surface area contributed by atoms with E-state index in [9.17, 15) is 4.79 Å². The van der Waals surface area contributed by atoms with Crippen LogP contribution < -0.4 is 5.32 Å². The van der Waals surface area contributed by atoms with E-state index in [0.29, 0.717) is 5.92 Å². The van der Waals surface area contributed by atoms with Crippen LogP contribution >= 0.6 is 24.0 Å². The highest BCUT2D eigenvalue weighted by molar-refractivity contribution is 7.80. The second-order valence-electron chi connectivity index (χ2n) is 3.82. The molecule has 15 heavy (non-hydrogen) atoms. The van der Waals surface area contributed by atoms with Crippen LogP contribution in [0.5, 0.6) is 0 Å². The van der Waals surface area contributed by atoms with Crippen molar-refractivity contribution >= 4 is 29.9 Å². The van der Waals surface area contributed by atoms with Gasteiger partial charge < -0.3 is 5.32 Å². The van der Waals surface area contributed by atoms with Gasteiger partial charge in [0.2, 0.25) is 0 Å². The molecule has 1 amide bonds. The quantitative estimate of drug-likeness (QED) is 0.781. The van der Waals surface area contributed by atoms with E-state index in [1.165, 1.54) is 11.3 Å². The lowest BCUT2D eigenvalue weighted by Crippen LogP contribution is -2.36. The van der Waals surface area contributed by atoms with Crippen molar-refractivity contribution in [2.45, 2.75) is 38.1 Å². The zero-order valence-electron chi connectivity index (χ0n) is 9.28. The van der Waals surface area contributed by atoms with Crippen LogP contribution in [-0.4, -0.2) is 11.9 Å². The van der Waals surface area contributed by atoms with Crippen molar-refractivity contribution in [3.8, 4) is 0 Å². The third kappa shape index (κ3) is 3.54. The molecule has 4 heteroatoms. The van der Waals surface area contributed by atoms with Gasteiger partial charge in [-0.05, 0) is 18.9 Å². The molecule has 2 nitrogen and oxygen atoms in total. The molecule has 1 aromatic rings. The summed E-state index contributed by atoms with van der Waals surface area (Å²) in [6, 6.07) is 2.01. The summed E-state index contributed by atoms with van der Waals surface area (Å²) in [5.74, 6) is 0.512. The van der Waals surface area contributed by atoms with E-state index in [1.54, 1.807) is 6.07 Å². The fourth-order valence-electron chi connectivity index (χ4n) is 1.22. The molecule has 0 aromatic carbocycles. The van der Waals surface area contributed by atoms with Crippen LogP contribution in [0, 0.1) is 5.92 Å². The molecule has 0 bridgehead atoms. The molecule has 84 valence electrons. The SMILES string of the molecule is CCC(C)C(C)NC(=O)c1cc(S)cs1. The lowest BCUT2D eigenvalue weighted by atomic mass is 10.0. The van der Waals surface area contributed by atoms with E-state index >= 15 is 0 Å². The topological polar surface area (TPSA) is 29.1 Å². The monoisotopic (exact) mass is 243 g/mol. The largest absolute Gasteiger partial charge is 0.349 e. The van der Waals surface area contributed by atoms with Crippen LogP contribution in [0.25, 0.3) is 0 Å². The minimum Gasteiger partial charge on any atom is -0.349 e. The molecule has 0 saturated heterocycles. The lowest BCUT2D eigenvalue weighted by molar-refractivity contribution is 0.0932. The summed E-state index contributed by atoms with van der Waals surface area (Å²) in [7, 11) is 0. The molecule has 0 fully saturated rings. The second kappa shape index (κ2) is 5.56. The highest BCUT2D eigenvalue weighted by atomic mass is 32.1. The van der Waals surface area contributed by atoms with Crippen molar-refractivity contribution in [1.82, 2.24) is 5.32 Å². The van der Waals surface area contributed by atoms with Gasteiger partial charge in [0, 0.05) is 16.3 Å². The van der Waals surface area contributed by atoms with E-state index < -0.39 is 0 Å². The Hall–Kier alpha value is -0.480. The summed E-state index contributed by atoms with van der Waals surface area (Å²) in [4.78, 5) is 13.3. The number of hydrogen-bond acceptors (Lipinski definition) is 3. The Balaban J connectivity index is 2.56. The molecular weight excluding hydrogens is 226 g/mol. The number of rotatable bonds is 4. The van der Waals surface area contributed by atoms with Crippen LogP contribution in [0.15, 0.2) is 16.3 Å². The summed E-state index contributed by atoms with van der Waals surface area (Å²) < 4.78 is 0. The van der Waals surface area contributed by atoms with Crippen molar-refractivity contribution in [2.75, 3.05) is 0 Å². The Morgan fingerprint density at radius 2 is 2.27 bits per heavy atom. The molecule has 0 aliphatic heterocycles. The van der Waals surface area contributed by atoms with Gasteiger partial charge in [-0.3, -0.25) is 4.79 Å². The van der Waals surface area contributed by atoms with Crippen LogP contribution in [0.3, 0.4) is 0 Å². The molecule has 1 heterocycles. The molecule has 2 atom stereocenters.